The monoisotopic (exact) mass is 468 g/mol. The summed E-state index contributed by atoms with van der Waals surface area (Å²) >= 11 is 2.65. The first-order valence-electron chi connectivity index (χ1n) is 9.28. The number of benzene rings is 1. The van der Waals surface area contributed by atoms with E-state index in [1.54, 1.807) is 6.08 Å². The molecule has 168 valence electrons. The van der Waals surface area contributed by atoms with Crippen LogP contribution >= 0.6 is 23.5 Å². The zero-order valence-electron chi connectivity index (χ0n) is 17.7. The number of thioether (sulfide) groups is 2. The van der Waals surface area contributed by atoms with Crippen molar-refractivity contribution in [1.29, 1.82) is 0 Å². The molecule has 0 aromatic heterocycles. The van der Waals surface area contributed by atoms with Gasteiger partial charge in [-0.1, -0.05) is 6.08 Å². The standard InChI is InChI=1S/C21H24O8S2/c1-12(22)28-18-6-5-16-14(9-30-10-19(24)26-3)7-15(31-11-20(25)27-4)8-17(16)21(18)29-13(2)23/h5-8,18,21H,9-11H2,1-4H3/t18-,21-/m1/s1. The van der Waals surface area contributed by atoms with Gasteiger partial charge in [-0.3, -0.25) is 19.2 Å². The number of fused-ring (bicyclic) bond motifs is 1. The van der Waals surface area contributed by atoms with Crippen LogP contribution in [-0.4, -0.2) is 55.7 Å². The Morgan fingerprint density at radius 1 is 0.935 bits per heavy atom. The fourth-order valence-electron chi connectivity index (χ4n) is 2.92. The third-order valence-electron chi connectivity index (χ3n) is 4.21. The second-order valence-electron chi connectivity index (χ2n) is 6.48. The minimum Gasteiger partial charge on any atom is -0.468 e. The molecule has 0 heterocycles. The molecule has 2 atom stereocenters. The molecule has 0 bridgehead atoms. The van der Waals surface area contributed by atoms with Gasteiger partial charge in [0.2, 0.25) is 0 Å². The van der Waals surface area contributed by atoms with E-state index in [9.17, 15) is 19.2 Å². The molecule has 31 heavy (non-hydrogen) atoms. The minimum atomic E-state index is -0.829. The molecule has 1 aromatic rings. The highest BCUT2D eigenvalue weighted by Gasteiger charge is 2.33. The maximum Gasteiger partial charge on any atom is 0.315 e. The first-order chi connectivity index (χ1) is 14.7. The third kappa shape index (κ3) is 7.32. The lowest BCUT2D eigenvalue weighted by Gasteiger charge is -2.30. The molecule has 0 amide bonds. The van der Waals surface area contributed by atoms with E-state index in [-0.39, 0.29) is 23.4 Å². The molecule has 0 fully saturated rings. The SMILES string of the molecule is COC(=O)CSCc1cc(SCC(=O)OC)cc2c1C=C[C@@H](OC(C)=O)[C@@H]2OC(C)=O. The molecule has 0 radical (unpaired) electrons. The Labute approximate surface area is 189 Å². The van der Waals surface area contributed by atoms with E-state index >= 15 is 0 Å². The first kappa shape index (κ1) is 24.8. The molecular formula is C21H24O8S2. The van der Waals surface area contributed by atoms with Crippen molar-refractivity contribution in [2.45, 2.75) is 36.7 Å². The van der Waals surface area contributed by atoms with Crippen molar-refractivity contribution < 1.29 is 38.1 Å². The Kier molecular flexibility index (Phi) is 9.44. The average Bonchev–Trinajstić information content (AvgIpc) is 2.72. The Morgan fingerprint density at radius 2 is 1.58 bits per heavy atom. The maximum atomic E-state index is 11.7. The minimum absolute atomic E-state index is 0.103. The summed E-state index contributed by atoms with van der Waals surface area (Å²) in [5, 5.41) is 0. The van der Waals surface area contributed by atoms with Crippen LogP contribution in [0, 0.1) is 0 Å². The van der Waals surface area contributed by atoms with E-state index in [0.29, 0.717) is 11.3 Å². The van der Waals surface area contributed by atoms with Gasteiger partial charge in [-0.2, -0.15) is 0 Å². The molecule has 8 nitrogen and oxygen atoms in total. The Balaban J connectivity index is 2.43. The van der Waals surface area contributed by atoms with Crippen LogP contribution in [0.5, 0.6) is 0 Å². The van der Waals surface area contributed by atoms with Gasteiger partial charge in [-0.25, -0.2) is 0 Å². The summed E-state index contributed by atoms with van der Waals surface area (Å²) in [4.78, 5) is 47.1. The molecule has 1 aromatic carbocycles. The van der Waals surface area contributed by atoms with Crippen LogP contribution < -0.4 is 0 Å². The topological polar surface area (TPSA) is 105 Å². The predicted octanol–water partition coefficient (Wildman–Crippen LogP) is 2.92. The van der Waals surface area contributed by atoms with Gasteiger partial charge in [-0.05, 0) is 29.3 Å². The van der Waals surface area contributed by atoms with Crippen LogP contribution in [0.25, 0.3) is 6.08 Å². The molecule has 10 heteroatoms. The van der Waals surface area contributed by atoms with Crippen molar-refractivity contribution in [3.63, 3.8) is 0 Å². The number of carbonyl (C=O) groups is 4. The number of hydrogen-bond donors (Lipinski definition) is 0. The quantitative estimate of drug-likeness (QED) is 0.305. The summed E-state index contributed by atoms with van der Waals surface area (Å²) in [6, 6.07) is 3.73. The summed E-state index contributed by atoms with van der Waals surface area (Å²) in [7, 11) is 2.65. The summed E-state index contributed by atoms with van der Waals surface area (Å²) in [6.07, 6.45) is 1.88. The summed E-state index contributed by atoms with van der Waals surface area (Å²) in [6.45, 7) is 2.57. The van der Waals surface area contributed by atoms with Gasteiger partial charge in [0, 0.05) is 30.1 Å². The second kappa shape index (κ2) is 11.8. The molecule has 0 saturated heterocycles. The molecule has 0 saturated carbocycles. The highest BCUT2D eigenvalue weighted by molar-refractivity contribution is 8.00. The van der Waals surface area contributed by atoms with E-state index in [2.05, 4.69) is 4.74 Å². The molecule has 0 spiro atoms. The fourth-order valence-corrected chi connectivity index (χ4v) is 4.61. The molecule has 0 aliphatic heterocycles. The zero-order valence-corrected chi connectivity index (χ0v) is 19.3. The van der Waals surface area contributed by atoms with Gasteiger partial charge >= 0.3 is 23.9 Å². The van der Waals surface area contributed by atoms with E-state index in [0.717, 1.165) is 16.0 Å². The zero-order chi connectivity index (χ0) is 23.0. The number of carbonyl (C=O) groups excluding carboxylic acids is 4. The molecule has 2 rings (SSSR count). The Morgan fingerprint density at radius 3 is 2.19 bits per heavy atom. The van der Waals surface area contributed by atoms with Crippen molar-refractivity contribution in [3.05, 3.63) is 34.9 Å². The number of hydrogen-bond acceptors (Lipinski definition) is 10. The van der Waals surface area contributed by atoms with Crippen LogP contribution in [0.2, 0.25) is 0 Å². The number of ether oxygens (including phenoxy) is 4. The highest BCUT2D eigenvalue weighted by Crippen LogP contribution is 2.39. The van der Waals surface area contributed by atoms with Crippen LogP contribution in [0.4, 0.5) is 0 Å². The number of rotatable bonds is 9. The first-order valence-corrected chi connectivity index (χ1v) is 11.4. The van der Waals surface area contributed by atoms with Crippen molar-refractivity contribution in [1.82, 2.24) is 0 Å². The molecule has 1 aliphatic carbocycles. The van der Waals surface area contributed by atoms with E-state index in [4.69, 9.17) is 14.2 Å². The van der Waals surface area contributed by atoms with Gasteiger partial charge in [0.25, 0.3) is 0 Å². The van der Waals surface area contributed by atoms with Crippen molar-refractivity contribution >= 4 is 53.5 Å². The second-order valence-corrected chi connectivity index (χ2v) is 8.52. The number of methoxy groups -OCH3 is 2. The van der Waals surface area contributed by atoms with Crippen LogP contribution in [0.3, 0.4) is 0 Å². The average molecular weight is 469 g/mol. The van der Waals surface area contributed by atoms with Gasteiger partial charge in [0.15, 0.2) is 12.2 Å². The van der Waals surface area contributed by atoms with E-state index in [1.807, 2.05) is 18.2 Å². The molecule has 1 aliphatic rings. The van der Waals surface area contributed by atoms with Crippen molar-refractivity contribution in [2.75, 3.05) is 25.7 Å². The van der Waals surface area contributed by atoms with Crippen LogP contribution in [0.1, 0.15) is 36.6 Å². The fraction of sp³-hybridized carbons (Fsp3) is 0.429. The van der Waals surface area contributed by atoms with Crippen molar-refractivity contribution in [3.8, 4) is 0 Å². The van der Waals surface area contributed by atoms with Crippen LogP contribution in [0.15, 0.2) is 23.1 Å². The summed E-state index contributed by atoms with van der Waals surface area (Å²) < 4.78 is 20.2. The van der Waals surface area contributed by atoms with Gasteiger partial charge in [0.1, 0.15) is 0 Å². The summed E-state index contributed by atoms with van der Waals surface area (Å²) in [5.74, 6) is -0.960. The highest BCUT2D eigenvalue weighted by atomic mass is 32.2. The lowest BCUT2D eigenvalue weighted by molar-refractivity contribution is -0.162. The maximum absolute atomic E-state index is 11.7. The van der Waals surface area contributed by atoms with E-state index in [1.165, 1.54) is 51.6 Å². The van der Waals surface area contributed by atoms with Crippen LogP contribution in [-0.2, 0) is 43.9 Å². The normalized spacial score (nSPS) is 16.8. The molecule has 0 N–H and O–H groups in total. The smallest absolute Gasteiger partial charge is 0.315 e. The third-order valence-corrected chi connectivity index (χ3v) is 6.12. The Hall–Kier alpha value is -2.46. The number of esters is 4. The van der Waals surface area contributed by atoms with Gasteiger partial charge in [-0.15, -0.1) is 23.5 Å². The Bertz CT molecular complexity index is 880. The lowest BCUT2D eigenvalue weighted by atomic mass is 9.89. The lowest BCUT2D eigenvalue weighted by Crippen LogP contribution is -2.29. The van der Waals surface area contributed by atoms with E-state index < -0.39 is 24.1 Å². The van der Waals surface area contributed by atoms with Gasteiger partial charge < -0.3 is 18.9 Å². The summed E-state index contributed by atoms with van der Waals surface area (Å²) in [5.41, 5.74) is 2.36. The van der Waals surface area contributed by atoms with Gasteiger partial charge in [0.05, 0.1) is 25.7 Å². The largest absolute Gasteiger partial charge is 0.468 e. The predicted molar refractivity (Wildman–Crippen MR) is 116 cm³/mol. The van der Waals surface area contributed by atoms with Crippen molar-refractivity contribution in [2.24, 2.45) is 0 Å². The molecule has 0 unspecified atom stereocenters. The molecular weight excluding hydrogens is 444 g/mol.